The normalized spacial score (nSPS) is 43.7. The summed E-state index contributed by atoms with van der Waals surface area (Å²) in [5, 5.41) is 0.00801. The van der Waals surface area contributed by atoms with Crippen LogP contribution in [-0.2, 0) is 23.3 Å². The summed E-state index contributed by atoms with van der Waals surface area (Å²) >= 11 is 4.79. The fourth-order valence-electron chi connectivity index (χ4n) is 1.89. The van der Waals surface area contributed by atoms with Gasteiger partial charge in [-0.05, 0) is 6.92 Å². The Labute approximate surface area is 106 Å². The van der Waals surface area contributed by atoms with Crippen molar-refractivity contribution in [3.05, 3.63) is 0 Å². The van der Waals surface area contributed by atoms with Crippen LogP contribution in [0.25, 0.3) is 0 Å². The van der Waals surface area contributed by atoms with Gasteiger partial charge in [-0.2, -0.15) is 0 Å². The van der Waals surface area contributed by atoms with Gasteiger partial charge in [0.1, 0.15) is 13.4 Å². The lowest BCUT2D eigenvalue weighted by Crippen LogP contribution is -2.43. The van der Waals surface area contributed by atoms with Crippen LogP contribution in [0.15, 0.2) is 0 Å². The number of hydrogen-bond acceptors (Lipinski definition) is 6. The van der Waals surface area contributed by atoms with Crippen molar-refractivity contribution in [1.29, 1.82) is 0 Å². The van der Waals surface area contributed by atoms with E-state index in [9.17, 15) is 4.57 Å². The second-order valence-electron chi connectivity index (χ2n) is 4.34. The summed E-state index contributed by atoms with van der Waals surface area (Å²) in [5.74, 6) is 0. The van der Waals surface area contributed by atoms with Crippen LogP contribution in [0.4, 0.5) is 0 Å². The molecule has 1 N–H and O–H groups in total. The Morgan fingerprint density at radius 3 is 2.88 bits per heavy atom. The maximum absolute atomic E-state index is 11.1. The van der Waals surface area contributed by atoms with Gasteiger partial charge in [-0.15, -0.1) is 0 Å². The molecule has 0 aromatic heterocycles. The maximum atomic E-state index is 11.1. The van der Waals surface area contributed by atoms with Crippen LogP contribution >= 0.6 is 19.8 Å². The lowest BCUT2D eigenvalue weighted by Gasteiger charge is -2.28. The van der Waals surface area contributed by atoms with Crippen LogP contribution in [0, 0.1) is 0 Å². The molecule has 2 saturated heterocycles. The Kier molecular flexibility index (Phi) is 3.29. The van der Waals surface area contributed by atoms with E-state index in [4.69, 9.17) is 43.7 Å². The molecular formula is C8H12BO6PS. The first kappa shape index (κ1) is 13.3. The summed E-state index contributed by atoms with van der Waals surface area (Å²) in [6.45, 7) is 2.64. The third kappa shape index (κ3) is 2.66. The van der Waals surface area contributed by atoms with E-state index < -0.39 is 31.4 Å². The van der Waals surface area contributed by atoms with E-state index >= 15 is 0 Å². The zero-order valence-electron chi connectivity index (χ0n) is 9.36. The number of hydrogen-bond donors (Lipinski definition) is 1. The second-order valence-corrected chi connectivity index (χ2v) is 6.54. The zero-order valence-corrected chi connectivity index (χ0v) is 11.1. The zero-order chi connectivity index (χ0) is 12.8. The molecule has 0 aliphatic carbocycles. The SMILES string of the molecule is [B]C1OC(C)(COP(C)(=O)O)C2OC(=S)OC12. The smallest absolute Gasteiger partial charge is 0.353 e. The van der Waals surface area contributed by atoms with Gasteiger partial charge in [-0.3, -0.25) is 4.57 Å². The summed E-state index contributed by atoms with van der Waals surface area (Å²) < 4.78 is 31.9. The Balaban J connectivity index is 2.10. The molecule has 2 radical (unpaired) electrons. The molecule has 0 amide bonds. The Morgan fingerprint density at radius 2 is 2.29 bits per heavy atom. The summed E-state index contributed by atoms with van der Waals surface area (Å²) in [4.78, 5) is 9.10. The molecule has 5 unspecified atom stereocenters. The van der Waals surface area contributed by atoms with Gasteiger partial charge in [-0.1, -0.05) is 0 Å². The molecule has 2 aliphatic rings. The van der Waals surface area contributed by atoms with Gasteiger partial charge in [0.05, 0.1) is 12.6 Å². The first-order valence-corrected chi connectivity index (χ1v) is 7.40. The lowest BCUT2D eigenvalue weighted by atomic mass is 9.90. The second kappa shape index (κ2) is 4.21. The Bertz CT molecular complexity index is 386. The average molecular weight is 278 g/mol. The Morgan fingerprint density at radius 1 is 1.65 bits per heavy atom. The van der Waals surface area contributed by atoms with Crippen molar-refractivity contribution in [2.75, 3.05) is 13.3 Å². The highest BCUT2D eigenvalue weighted by Crippen LogP contribution is 2.43. The number of ether oxygens (including phenoxy) is 3. The third-order valence-electron chi connectivity index (χ3n) is 2.68. The van der Waals surface area contributed by atoms with Crippen LogP contribution in [0.2, 0.25) is 0 Å². The van der Waals surface area contributed by atoms with E-state index in [2.05, 4.69) is 0 Å². The van der Waals surface area contributed by atoms with Gasteiger partial charge in [0.2, 0.25) is 0 Å². The van der Waals surface area contributed by atoms with Gasteiger partial charge in [0.15, 0.2) is 12.2 Å². The van der Waals surface area contributed by atoms with Crippen molar-refractivity contribution >= 4 is 32.9 Å². The maximum Gasteiger partial charge on any atom is 0.353 e. The van der Waals surface area contributed by atoms with Gasteiger partial charge in [0.25, 0.3) is 0 Å². The van der Waals surface area contributed by atoms with E-state index in [1.54, 1.807) is 6.92 Å². The highest BCUT2D eigenvalue weighted by Gasteiger charge is 2.58. The minimum Gasteiger partial charge on any atom is -0.448 e. The number of fused-ring (bicyclic) bond motifs is 1. The van der Waals surface area contributed by atoms with Crippen molar-refractivity contribution in [1.82, 2.24) is 0 Å². The van der Waals surface area contributed by atoms with Crippen molar-refractivity contribution in [2.24, 2.45) is 0 Å². The average Bonchev–Trinajstić information content (AvgIpc) is 2.65. The van der Waals surface area contributed by atoms with Gasteiger partial charge >= 0.3 is 12.8 Å². The van der Waals surface area contributed by atoms with E-state index in [-0.39, 0.29) is 11.8 Å². The highest BCUT2D eigenvalue weighted by atomic mass is 32.1. The molecule has 0 spiro atoms. The first-order valence-electron chi connectivity index (χ1n) is 4.97. The molecule has 94 valence electrons. The molecule has 2 aliphatic heterocycles. The van der Waals surface area contributed by atoms with Gasteiger partial charge < -0.3 is 23.6 Å². The highest BCUT2D eigenvalue weighted by molar-refractivity contribution is 7.79. The molecule has 0 aromatic carbocycles. The van der Waals surface area contributed by atoms with Crippen molar-refractivity contribution < 1.29 is 28.2 Å². The molecule has 0 saturated carbocycles. The van der Waals surface area contributed by atoms with E-state index in [1.165, 1.54) is 0 Å². The first-order chi connectivity index (χ1) is 7.71. The molecule has 9 heteroatoms. The van der Waals surface area contributed by atoms with Gasteiger partial charge in [-0.25, -0.2) is 0 Å². The van der Waals surface area contributed by atoms with Crippen molar-refractivity contribution in [3.63, 3.8) is 0 Å². The van der Waals surface area contributed by atoms with Crippen molar-refractivity contribution in [3.8, 4) is 0 Å². The topological polar surface area (TPSA) is 74.2 Å². The quantitative estimate of drug-likeness (QED) is 0.448. The van der Waals surface area contributed by atoms with Crippen LogP contribution in [0.1, 0.15) is 6.92 Å². The monoisotopic (exact) mass is 278 g/mol. The van der Waals surface area contributed by atoms with Crippen molar-refractivity contribution in [2.45, 2.75) is 30.7 Å². The summed E-state index contributed by atoms with van der Waals surface area (Å²) in [7, 11) is 2.14. The minimum atomic E-state index is -3.58. The molecule has 17 heavy (non-hydrogen) atoms. The van der Waals surface area contributed by atoms with Crippen LogP contribution in [-0.4, -0.2) is 55.1 Å². The van der Waals surface area contributed by atoms with Crippen LogP contribution < -0.4 is 0 Å². The third-order valence-corrected chi connectivity index (χ3v) is 3.48. The van der Waals surface area contributed by atoms with E-state index in [0.717, 1.165) is 6.66 Å². The molecule has 0 bridgehead atoms. The van der Waals surface area contributed by atoms with Crippen LogP contribution in [0.5, 0.6) is 0 Å². The van der Waals surface area contributed by atoms with E-state index in [1.807, 2.05) is 0 Å². The largest absolute Gasteiger partial charge is 0.448 e. The summed E-state index contributed by atoms with van der Waals surface area (Å²) in [6.07, 6.45) is -1.04. The predicted octanol–water partition coefficient (Wildman–Crippen LogP) is 0.171. The Hall–Kier alpha value is -0.135. The minimum absolute atomic E-state index is 0.00801. The molecule has 2 heterocycles. The molecule has 2 fully saturated rings. The molecule has 6 nitrogen and oxygen atoms in total. The fourth-order valence-corrected chi connectivity index (χ4v) is 2.60. The van der Waals surface area contributed by atoms with Gasteiger partial charge in [0, 0.05) is 18.9 Å². The summed E-state index contributed by atoms with van der Waals surface area (Å²) in [6, 6.07) is -0.705. The summed E-state index contributed by atoms with van der Waals surface area (Å²) in [5.41, 5.74) is -0.959. The number of rotatable bonds is 3. The molecular weight excluding hydrogens is 266 g/mol. The lowest BCUT2D eigenvalue weighted by molar-refractivity contribution is -0.0759. The van der Waals surface area contributed by atoms with Crippen LogP contribution in [0.3, 0.4) is 0 Å². The predicted molar refractivity (Wildman–Crippen MR) is 63.1 cm³/mol. The fraction of sp³-hybridized carbons (Fsp3) is 0.875. The number of thiocarbonyl (C=S) groups is 1. The molecule has 2 rings (SSSR count). The van der Waals surface area contributed by atoms with E-state index in [0.29, 0.717) is 0 Å². The molecule has 0 aromatic rings. The standard InChI is InChI=1S/C8H12BO6PS/c1-8(3-12-16(2,10)11)5-4(6(9)15-8)13-7(17)14-5/h4-6H,3H2,1-2H3,(H,10,11). The molecule has 5 atom stereocenters.